The topological polar surface area (TPSA) is 30.8 Å². The van der Waals surface area contributed by atoms with Gasteiger partial charge in [0.2, 0.25) is 0 Å². The molecule has 5 rings (SSSR count). The van der Waals surface area contributed by atoms with Crippen LogP contribution in [0.15, 0.2) is 126 Å². The minimum atomic E-state index is 0.231. The van der Waals surface area contributed by atoms with Crippen LogP contribution in [0.1, 0.15) is 44.5 Å². The fraction of sp³-hybridized carbons (Fsp3) is 0.162. The monoisotopic (exact) mass is 525 g/mol. The molecular weight excluding hydrogens is 490 g/mol. The Balaban J connectivity index is 1.46. The van der Waals surface area contributed by atoms with Crippen molar-refractivity contribution < 1.29 is 9.47 Å². The van der Waals surface area contributed by atoms with Gasteiger partial charge in [-0.3, -0.25) is 0 Å². The summed E-state index contributed by atoms with van der Waals surface area (Å²) in [5, 5.41) is 0. The van der Waals surface area contributed by atoms with Crippen molar-refractivity contribution in [2.45, 2.75) is 26.7 Å². The summed E-state index contributed by atoms with van der Waals surface area (Å²) in [5.74, 6) is 0.863. The normalized spacial score (nSPS) is 10.8. The fourth-order valence-electron chi connectivity index (χ4n) is 5.09. The molecule has 0 aliphatic carbocycles. The Morgan fingerprint density at radius 1 is 0.625 bits per heavy atom. The fourth-order valence-corrected chi connectivity index (χ4v) is 5.09. The van der Waals surface area contributed by atoms with Gasteiger partial charge >= 0.3 is 0 Å². The average molecular weight is 526 g/mol. The van der Waals surface area contributed by atoms with Crippen LogP contribution in [-0.2, 0) is 17.6 Å². The molecule has 3 nitrogen and oxygen atoms in total. The summed E-state index contributed by atoms with van der Waals surface area (Å²) >= 11 is 0. The predicted octanol–water partition coefficient (Wildman–Crippen LogP) is 8.64. The maximum Gasteiger partial charge on any atom is 0.188 e. The Kier molecular flexibility index (Phi) is 8.85. The van der Waals surface area contributed by atoms with Gasteiger partial charge in [0, 0.05) is 24.7 Å². The zero-order valence-electron chi connectivity index (χ0n) is 23.4. The molecule has 3 heteroatoms. The van der Waals surface area contributed by atoms with Gasteiger partial charge in [-0.15, -0.1) is 0 Å². The van der Waals surface area contributed by atoms with Crippen molar-refractivity contribution in [3.8, 4) is 5.75 Å². The molecule has 5 aromatic rings. The molecule has 0 radical (unpaired) electrons. The molecule has 0 bridgehead atoms. The predicted molar refractivity (Wildman–Crippen MR) is 165 cm³/mol. The first-order valence-corrected chi connectivity index (χ1v) is 13.7. The van der Waals surface area contributed by atoms with Gasteiger partial charge in [-0.1, -0.05) is 103 Å². The lowest BCUT2D eigenvalue weighted by Gasteiger charge is -2.16. The molecule has 0 aliphatic heterocycles. The maximum absolute atomic E-state index is 5.90. The van der Waals surface area contributed by atoms with E-state index in [1.807, 2.05) is 18.2 Å². The summed E-state index contributed by atoms with van der Waals surface area (Å²) < 4.78 is 11.1. The number of benzene rings is 5. The van der Waals surface area contributed by atoms with E-state index in [0.717, 1.165) is 46.7 Å². The Morgan fingerprint density at radius 2 is 1.20 bits per heavy atom. The minimum Gasteiger partial charge on any atom is -0.467 e. The van der Waals surface area contributed by atoms with Crippen molar-refractivity contribution in [2.24, 2.45) is 4.99 Å². The van der Waals surface area contributed by atoms with E-state index < -0.39 is 0 Å². The molecule has 0 aliphatic rings. The number of methoxy groups -OCH3 is 1. The van der Waals surface area contributed by atoms with E-state index in [4.69, 9.17) is 14.5 Å². The molecule has 0 N–H and O–H groups in total. The van der Waals surface area contributed by atoms with E-state index in [1.165, 1.54) is 27.8 Å². The van der Waals surface area contributed by atoms with Crippen LogP contribution in [0, 0.1) is 13.8 Å². The summed E-state index contributed by atoms with van der Waals surface area (Å²) in [7, 11) is 1.65. The summed E-state index contributed by atoms with van der Waals surface area (Å²) in [6, 6.07) is 42.2. The molecule has 0 aromatic heterocycles. The third-order valence-corrected chi connectivity index (χ3v) is 7.09. The highest BCUT2D eigenvalue weighted by Gasteiger charge is 2.12. The van der Waals surface area contributed by atoms with Gasteiger partial charge in [0.15, 0.2) is 6.79 Å². The molecule has 40 heavy (non-hydrogen) atoms. The second kappa shape index (κ2) is 13.1. The molecule has 5 aromatic carbocycles. The number of ether oxygens (including phenoxy) is 2. The van der Waals surface area contributed by atoms with Crippen molar-refractivity contribution in [3.05, 3.63) is 166 Å². The Morgan fingerprint density at radius 3 is 1.77 bits per heavy atom. The van der Waals surface area contributed by atoms with Crippen LogP contribution in [0.5, 0.6) is 5.75 Å². The molecule has 0 heterocycles. The van der Waals surface area contributed by atoms with Gasteiger partial charge in [0.05, 0.1) is 11.4 Å². The number of rotatable bonds is 10. The first kappa shape index (κ1) is 27.1. The number of aliphatic imine (C=N–C) groups is 1. The first-order valence-electron chi connectivity index (χ1n) is 13.7. The van der Waals surface area contributed by atoms with Crippen LogP contribution in [0.2, 0.25) is 0 Å². The maximum atomic E-state index is 5.90. The molecular formula is C37H35NO2. The van der Waals surface area contributed by atoms with Crippen molar-refractivity contribution in [1.29, 1.82) is 0 Å². The van der Waals surface area contributed by atoms with Crippen LogP contribution in [0.4, 0.5) is 5.69 Å². The molecule has 0 spiro atoms. The van der Waals surface area contributed by atoms with Crippen molar-refractivity contribution in [2.75, 3.05) is 13.9 Å². The third kappa shape index (κ3) is 6.74. The summed E-state index contributed by atoms with van der Waals surface area (Å²) in [6.07, 6.45) is 1.65. The molecule has 0 unspecified atom stereocenters. The van der Waals surface area contributed by atoms with E-state index in [1.54, 1.807) is 7.11 Å². The lowest BCUT2D eigenvalue weighted by molar-refractivity contribution is 0.0505. The Bertz CT molecular complexity index is 1510. The largest absolute Gasteiger partial charge is 0.467 e. The smallest absolute Gasteiger partial charge is 0.188 e. The van der Waals surface area contributed by atoms with Gasteiger partial charge < -0.3 is 9.47 Å². The number of hydrogen-bond donors (Lipinski definition) is 0. The number of hydrogen-bond acceptors (Lipinski definition) is 3. The summed E-state index contributed by atoms with van der Waals surface area (Å²) in [4.78, 5) is 5.16. The van der Waals surface area contributed by atoms with Gasteiger partial charge in [0.25, 0.3) is 0 Å². The van der Waals surface area contributed by atoms with E-state index >= 15 is 0 Å². The first-order chi connectivity index (χ1) is 19.6. The van der Waals surface area contributed by atoms with Gasteiger partial charge in [0.1, 0.15) is 5.75 Å². The Hall–Kier alpha value is -4.47. The minimum absolute atomic E-state index is 0.231. The molecule has 0 fully saturated rings. The second-order valence-corrected chi connectivity index (χ2v) is 10.1. The summed E-state index contributed by atoms with van der Waals surface area (Å²) in [5.41, 5.74) is 11.6. The van der Waals surface area contributed by atoms with E-state index in [0.29, 0.717) is 0 Å². The molecule has 0 atom stereocenters. The lowest BCUT2D eigenvalue weighted by Crippen LogP contribution is -2.04. The quantitative estimate of drug-likeness (QED) is 0.135. The highest BCUT2D eigenvalue weighted by atomic mass is 16.7. The van der Waals surface area contributed by atoms with Gasteiger partial charge in [-0.2, -0.15) is 0 Å². The third-order valence-electron chi connectivity index (χ3n) is 7.09. The van der Waals surface area contributed by atoms with E-state index in [2.05, 4.69) is 117 Å². The van der Waals surface area contributed by atoms with Crippen LogP contribution in [0.3, 0.4) is 0 Å². The standard InChI is InChI=1S/C37H35NO2/c1-27-21-34(38-37(31-15-9-5-10-16-31)32-17-11-6-12-18-32)22-28(2)35(27)25-30-19-20-36(40-26-39-3)33(24-30)23-29-13-7-4-8-14-29/h4-22,24H,23,25-26H2,1-3H3. The SMILES string of the molecule is COCOc1ccc(Cc2c(C)cc(N=C(c3ccccc3)c3ccccc3)cc2C)cc1Cc1ccccc1. The second-order valence-electron chi connectivity index (χ2n) is 10.1. The summed E-state index contributed by atoms with van der Waals surface area (Å²) in [6.45, 7) is 4.61. The highest BCUT2D eigenvalue weighted by Crippen LogP contribution is 2.29. The van der Waals surface area contributed by atoms with Crippen LogP contribution in [-0.4, -0.2) is 19.6 Å². The zero-order valence-corrected chi connectivity index (χ0v) is 23.4. The number of aryl methyl sites for hydroxylation is 2. The van der Waals surface area contributed by atoms with Crippen LogP contribution < -0.4 is 4.74 Å². The average Bonchev–Trinajstić information content (AvgIpc) is 2.99. The van der Waals surface area contributed by atoms with E-state index in [-0.39, 0.29) is 6.79 Å². The Labute approximate surface area is 237 Å². The van der Waals surface area contributed by atoms with Gasteiger partial charge in [-0.05, 0) is 71.8 Å². The van der Waals surface area contributed by atoms with Crippen LogP contribution in [0.25, 0.3) is 0 Å². The van der Waals surface area contributed by atoms with E-state index in [9.17, 15) is 0 Å². The molecule has 200 valence electrons. The van der Waals surface area contributed by atoms with Crippen molar-refractivity contribution >= 4 is 11.4 Å². The molecule has 0 saturated carbocycles. The number of nitrogens with zero attached hydrogens (tertiary/aromatic N) is 1. The van der Waals surface area contributed by atoms with Crippen LogP contribution >= 0.6 is 0 Å². The molecule has 0 amide bonds. The van der Waals surface area contributed by atoms with Crippen molar-refractivity contribution in [1.82, 2.24) is 0 Å². The lowest BCUT2D eigenvalue weighted by atomic mass is 9.93. The van der Waals surface area contributed by atoms with Gasteiger partial charge in [-0.25, -0.2) is 4.99 Å². The van der Waals surface area contributed by atoms with Crippen molar-refractivity contribution in [3.63, 3.8) is 0 Å². The zero-order chi connectivity index (χ0) is 27.7. The molecule has 0 saturated heterocycles. The highest BCUT2D eigenvalue weighted by molar-refractivity contribution is 6.13.